The fourth-order valence-corrected chi connectivity index (χ4v) is 1.97. The number of sulfone groups is 1. The van der Waals surface area contributed by atoms with E-state index in [1.807, 2.05) is 0 Å². The normalized spacial score (nSPS) is 18.2. The van der Waals surface area contributed by atoms with Crippen LogP contribution in [0.3, 0.4) is 0 Å². The molecule has 1 aliphatic heterocycles. The Hall–Kier alpha value is -1.11. The van der Waals surface area contributed by atoms with Crippen molar-refractivity contribution >= 4 is 21.7 Å². The van der Waals surface area contributed by atoms with Crippen LogP contribution in [0.15, 0.2) is 0 Å². The van der Waals surface area contributed by atoms with Crippen LogP contribution in [0.5, 0.6) is 0 Å². The summed E-state index contributed by atoms with van der Waals surface area (Å²) in [5, 5.41) is 2.61. The average Bonchev–Trinajstić information content (AvgIpc) is 2.26. The molecule has 0 bridgehead atoms. The van der Waals surface area contributed by atoms with E-state index in [0.717, 1.165) is 6.26 Å². The molecular formula is C8H14N2O4S. The maximum atomic E-state index is 11.5. The lowest BCUT2D eigenvalue weighted by molar-refractivity contribution is -0.133. The molecule has 1 aliphatic rings. The highest BCUT2D eigenvalue weighted by Crippen LogP contribution is 1.99. The highest BCUT2D eigenvalue weighted by Gasteiger charge is 2.22. The summed E-state index contributed by atoms with van der Waals surface area (Å²) in [5.74, 6) is -1.27. The van der Waals surface area contributed by atoms with E-state index in [2.05, 4.69) is 5.32 Å². The van der Waals surface area contributed by atoms with Gasteiger partial charge in [-0.1, -0.05) is 0 Å². The second-order valence-corrected chi connectivity index (χ2v) is 5.73. The van der Waals surface area contributed by atoms with Gasteiger partial charge >= 0.3 is 0 Å². The highest BCUT2D eigenvalue weighted by atomic mass is 32.2. The Morgan fingerprint density at radius 2 is 2.20 bits per heavy atom. The van der Waals surface area contributed by atoms with Crippen molar-refractivity contribution < 1.29 is 18.0 Å². The highest BCUT2D eigenvalue weighted by molar-refractivity contribution is 7.91. The standard InChI is InChI=1S/C8H14N2O4S/c1-15(13,14)6-8(12)10-4-2-3-9-7(11)5-10/h2-6H2,1H3,(H,9,11). The summed E-state index contributed by atoms with van der Waals surface area (Å²) < 4.78 is 21.8. The van der Waals surface area contributed by atoms with Gasteiger partial charge in [0.15, 0.2) is 9.84 Å². The van der Waals surface area contributed by atoms with Crippen LogP contribution in [0.4, 0.5) is 0 Å². The molecule has 1 saturated heterocycles. The van der Waals surface area contributed by atoms with Gasteiger partial charge in [0.25, 0.3) is 0 Å². The predicted octanol–water partition coefficient (Wildman–Crippen LogP) is -1.62. The molecule has 0 aromatic heterocycles. The van der Waals surface area contributed by atoms with Crippen molar-refractivity contribution in [3.63, 3.8) is 0 Å². The molecule has 0 unspecified atom stereocenters. The molecule has 0 aliphatic carbocycles. The third kappa shape index (κ3) is 4.28. The van der Waals surface area contributed by atoms with Crippen molar-refractivity contribution in [2.45, 2.75) is 6.42 Å². The molecule has 0 atom stereocenters. The minimum absolute atomic E-state index is 0.0473. The van der Waals surface area contributed by atoms with Crippen LogP contribution in [-0.4, -0.2) is 56.8 Å². The minimum Gasteiger partial charge on any atom is -0.354 e. The van der Waals surface area contributed by atoms with E-state index >= 15 is 0 Å². The van der Waals surface area contributed by atoms with Gasteiger partial charge in [0.1, 0.15) is 5.75 Å². The van der Waals surface area contributed by atoms with Crippen LogP contribution in [0.2, 0.25) is 0 Å². The van der Waals surface area contributed by atoms with Gasteiger partial charge in [-0.3, -0.25) is 9.59 Å². The largest absolute Gasteiger partial charge is 0.354 e. The Balaban J connectivity index is 2.62. The predicted molar refractivity (Wildman–Crippen MR) is 53.9 cm³/mol. The lowest BCUT2D eigenvalue weighted by Gasteiger charge is -2.18. The summed E-state index contributed by atoms with van der Waals surface area (Å²) in [4.78, 5) is 23.9. The molecule has 0 radical (unpaired) electrons. The first-order valence-corrected chi connectivity index (χ1v) is 6.67. The van der Waals surface area contributed by atoms with Crippen LogP contribution < -0.4 is 5.32 Å². The number of hydrogen-bond donors (Lipinski definition) is 1. The Morgan fingerprint density at radius 3 is 2.80 bits per heavy atom. The van der Waals surface area contributed by atoms with Gasteiger partial charge < -0.3 is 10.2 Å². The van der Waals surface area contributed by atoms with E-state index in [0.29, 0.717) is 19.5 Å². The van der Waals surface area contributed by atoms with E-state index < -0.39 is 21.5 Å². The summed E-state index contributed by atoms with van der Waals surface area (Å²) in [6.07, 6.45) is 1.66. The van der Waals surface area contributed by atoms with E-state index in [4.69, 9.17) is 0 Å². The molecule has 1 fully saturated rings. The van der Waals surface area contributed by atoms with Gasteiger partial charge in [0.05, 0.1) is 6.54 Å². The third-order valence-corrected chi connectivity index (χ3v) is 2.77. The minimum atomic E-state index is -3.32. The van der Waals surface area contributed by atoms with Gasteiger partial charge in [0, 0.05) is 19.3 Å². The van der Waals surface area contributed by atoms with E-state index in [9.17, 15) is 18.0 Å². The molecule has 0 spiro atoms. The molecule has 1 rings (SSSR count). The average molecular weight is 234 g/mol. The van der Waals surface area contributed by atoms with Crippen LogP contribution in [0, 0.1) is 0 Å². The van der Waals surface area contributed by atoms with E-state index in [1.54, 1.807) is 0 Å². The van der Waals surface area contributed by atoms with Crippen LogP contribution in [0.25, 0.3) is 0 Å². The zero-order valence-electron chi connectivity index (χ0n) is 8.52. The first kappa shape index (κ1) is 12.0. The Kier molecular flexibility index (Phi) is 3.67. The Bertz CT molecular complexity index is 363. The first-order valence-electron chi connectivity index (χ1n) is 4.61. The summed E-state index contributed by atoms with van der Waals surface area (Å²) in [6, 6.07) is 0. The number of hydrogen-bond acceptors (Lipinski definition) is 4. The fourth-order valence-electron chi connectivity index (χ4n) is 1.33. The molecule has 86 valence electrons. The van der Waals surface area contributed by atoms with Crippen molar-refractivity contribution in [1.29, 1.82) is 0 Å². The maximum Gasteiger partial charge on any atom is 0.239 e. The molecule has 2 amide bonds. The number of nitrogens with zero attached hydrogens (tertiary/aromatic N) is 1. The SMILES string of the molecule is CS(=O)(=O)CC(=O)N1CCCNC(=O)C1. The number of carbonyl (C=O) groups excluding carboxylic acids is 2. The van der Waals surface area contributed by atoms with Crippen molar-refractivity contribution in [3.8, 4) is 0 Å². The molecule has 0 aromatic rings. The Morgan fingerprint density at radius 1 is 1.53 bits per heavy atom. The molecule has 6 nitrogen and oxygen atoms in total. The quantitative estimate of drug-likeness (QED) is 0.622. The van der Waals surface area contributed by atoms with Crippen LogP contribution in [0.1, 0.15) is 6.42 Å². The fraction of sp³-hybridized carbons (Fsp3) is 0.750. The summed E-state index contributed by atoms with van der Waals surface area (Å²) in [7, 11) is -3.32. The molecule has 0 aromatic carbocycles. The van der Waals surface area contributed by atoms with Gasteiger partial charge in [-0.2, -0.15) is 0 Å². The van der Waals surface area contributed by atoms with Crippen LogP contribution in [-0.2, 0) is 19.4 Å². The molecule has 1 N–H and O–H groups in total. The van der Waals surface area contributed by atoms with E-state index in [1.165, 1.54) is 4.90 Å². The lowest BCUT2D eigenvalue weighted by atomic mass is 10.4. The zero-order chi connectivity index (χ0) is 11.5. The summed E-state index contributed by atoms with van der Waals surface area (Å²) in [5.41, 5.74) is 0. The van der Waals surface area contributed by atoms with Crippen molar-refractivity contribution in [2.24, 2.45) is 0 Å². The number of amides is 2. The van der Waals surface area contributed by atoms with Gasteiger partial charge in [-0.25, -0.2) is 8.42 Å². The topological polar surface area (TPSA) is 83.6 Å². The second-order valence-electron chi connectivity index (χ2n) is 3.59. The maximum absolute atomic E-state index is 11.5. The first-order chi connectivity index (χ1) is 6.88. The smallest absolute Gasteiger partial charge is 0.239 e. The summed E-state index contributed by atoms with van der Waals surface area (Å²) in [6.45, 7) is 0.906. The molecule has 15 heavy (non-hydrogen) atoms. The molecule has 1 heterocycles. The van der Waals surface area contributed by atoms with Gasteiger partial charge in [0.2, 0.25) is 11.8 Å². The Labute approximate surface area is 88.5 Å². The second kappa shape index (κ2) is 4.61. The van der Waals surface area contributed by atoms with E-state index in [-0.39, 0.29) is 12.5 Å². The van der Waals surface area contributed by atoms with Gasteiger partial charge in [-0.05, 0) is 6.42 Å². The lowest BCUT2D eigenvalue weighted by Crippen LogP contribution is -2.40. The molecule has 0 saturated carbocycles. The molecular weight excluding hydrogens is 220 g/mol. The number of rotatable bonds is 2. The number of carbonyl (C=O) groups is 2. The van der Waals surface area contributed by atoms with Gasteiger partial charge in [-0.15, -0.1) is 0 Å². The molecule has 7 heteroatoms. The van der Waals surface area contributed by atoms with Crippen molar-refractivity contribution in [3.05, 3.63) is 0 Å². The van der Waals surface area contributed by atoms with Crippen molar-refractivity contribution in [1.82, 2.24) is 10.2 Å². The third-order valence-electron chi connectivity index (χ3n) is 2.00. The monoisotopic (exact) mass is 234 g/mol. The zero-order valence-corrected chi connectivity index (χ0v) is 9.34. The van der Waals surface area contributed by atoms with Crippen molar-refractivity contribution in [2.75, 3.05) is 31.6 Å². The van der Waals surface area contributed by atoms with Crippen LogP contribution >= 0.6 is 0 Å². The summed E-state index contributed by atoms with van der Waals surface area (Å²) >= 11 is 0. The number of nitrogens with one attached hydrogen (secondary N) is 1.